The summed E-state index contributed by atoms with van der Waals surface area (Å²) in [7, 11) is -0.660. The molecule has 1 atom stereocenters. The fourth-order valence-electron chi connectivity index (χ4n) is 2.63. The molecule has 1 aromatic rings. The lowest BCUT2D eigenvalue weighted by Gasteiger charge is -2.22. The van der Waals surface area contributed by atoms with Crippen LogP contribution in [0.5, 0.6) is 5.75 Å². The van der Waals surface area contributed by atoms with E-state index in [2.05, 4.69) is 4.72 Å². The lowest BCUT2D eigenvalue weighted by Crippen LogP contribution is -2.45. The molecule has 0 aromatic heterocycles. The molecule has 116 valence electrons. The van der Waals surface area contributed by atoms with Crippen molar-refractivity contribution in [3.63, 3.8) is 0 Å². The molecule has 2 rings (SSSR count). The van der Waals surface area contributed by atoms with Crippen LogP contribution in [0.15, 0.2) is 18.2 Å². The molecule has 0 spiro atoms. The van der Waals surface area contributed by atoms with Crippen LogP contribution in [-0.2, 0) is 10.2 Å². The Morgan fingerprint density at radius 3 is 2.71 bits per heavy atom. The van der Waals surface area contributed by atoms with Crippen molar-refractivity contribution >= 4 is 16.0 Å². The monoisotopic (exact) mass is 312 g/mol. The number of methoxy groups -OCH3 is 1. The molecule has 1 aromatic carbocycles. The molecule has 7 heteroatoms. The highest BCUT2D eigenvalue weighted by atomic mass is 32.2. The van der Waals surface area contributed by atoms with Gasteiger partial charge in [0.2, 0.25) is 0 Å². The van der Waals surface area contributed by atoms with Crippen molar-refractivity contribution in [2.24, 2.45) is 0 Å². The van der Waals surface area contributed by atoms with Crippen LogP contribution in [0.4, 0.5) is 0 Å². The standard InChI is InChI=1S/C14H20N2O4S/c1-10-9-11(6-7-13(10)20-3)14(17)12-5-4-8-16(12)21(18,19)15-2/h6-7,9,12,15H,4-5,8H2,1-3H3. The molecule has 1 aliphatic heterocycles. The highest BCUT2D eigenvalue weighted by Gasteiger charge is 2.38. The number of nitrogens with one attached hydrogen (secondary N) is 1. The maximum absolute atomic E-state index is 12.6. The van der Waals surface area contributed by atoms with E-state index in [1.807, 2.05) is 6.92 Å². The summed E-state index contributed by atoms with van der Waals surface area (Å²) in [5.74, 6) is 0.537. The molecular formula is C14H20N2O4S. The van der Waals surface area contributed by atoms with Crippen molar-refractivity contribution in [1.82, 2.24) is 9.03 Å². The third-order valence-corrected chi connectivity index (χ3v) is 5.32. The first kappa shape index (κ1) is 15.9. The summed E-state index contributed by atoms with van der Waals surface area (Å²) in [6.45, 7) is 2.22. The number of ketones is 1. The molecular weight excluding hydrogens is 292 g/mol. The zero-order chi connectivity index (χ0) is 15.6. The van der Waals surface area contributed by atoms with E-state index >= 15 is 0 Å². The Balaban J connectivity index is 2.29. The fraction of sp³-hybridized carbons (Fsp3) is 0.500. The topological polar surface area (TPSA) is 75.7 Å². The van der Waals surface area contributed by atoms with E-state index in [-0.39, 0.29) is 5.78 Å². The average Bonchev–Trinajstić information content (AvgIpc) is 2.96. The van der Waals surface area contributed by atoms with E-state index in [1.54, 1.807) is 25.3 Å². The van der Waals surface area contributed by atoms with Crippen molar-refractivity contribution < 1.29 is 17.9 Å². The van der Waals surface area contributed by atoms with Crippen LogP contribution < -0.4 is 9.46 Å². The molecule has 1 aliphatic rings. The molecule has 1 saturated heterocycles. The van der Waals surface area contributed by atoms with Crippen LogP contribution >= 0.6 is 0 Å². The summed E-state index contributed by atoms with van der Waals surface area (Å²) in [5, 5.41) is 0. The molecule has 1 heterocycles. The van der Waals surface area contributed by atoms with Crippen molar-refractivity contribution in [2.75, 3.05) is 20.7 Å². The molecule has 0 amide bonds. The molecule has 21 heavy (non-hydrogen) atoms. The second-order valence-electron chi connectivity index (χ2n) is 5.03. The predicted octanol–water partition coefficient (Wildman–Crippen LogP) is 1.11. The summed E-state index contributed by atoms with van der Waals surface area (Å²) < 4.78 is 32.6. The Morgan fingerprint density at radius 2 is 2.14 bits per heavy atom. The fourth-order valence-corrected chi connectivity index (χ4v) is 3.77. The maximum atomic E-state index is 12.6. The van der Waals surface area contributed by atoms with Crippen molar-refractivity contribution in [3.05, 3.63) is 29.3 Å². The number of carbonyl (C=O) groups is 1. The minimum Gasteiger partial charge on any atom is -0.496 e. The van der Waals surface area contributed by atoms with Gasteiger partial charge in [-0.05, 0) is 43.5 Å². The summed E-state index contributed by atoms with van der Waals surface area (Å²) in [4.78, 5) is 12.6. The minimum absolute atomic E-state index is 0.169. The predicted molar refractivity (Wildman–Crippen MR) is 79.8 cm³/mol. The average molecular weight is 312 g/mol. The lowest BCUT2D eigenvalue weighted by molar-refractivity contribution is 0.0917. The van der Waals surface area contributed by atoms with Crippen LogP contribution in [0, 0.1) is 6.92 Å². The van der Waals surface area contributed by atoms with Crippen molar-refractivity contribution in [2.45, 2.75) is 25.8 Å². The van der Waals surface area contributed by atoms with E-state index in [0.717, 1.165) is 5.56 Å². The lowest BCUT2D eigenvalue weighted by atomic mass is 10.0. The van der Waals surface area contributed by atoms with Crippen molar-refractivity contribution in [1.29, 1.82) is 0 Å². The van der Waals surface area contributed by atoms with E-state index in [1.165, 1.54) is 11.4 Å². The van der Waals surface area contributed by atoms with Crippen molar-refractivity contribution in [3.8, 4) is 5.75 Å². The van der Waals surface area contributed by atoms with Gasteiger partial charge in [-0.15, -0.1) is 0 Å². The van der Waals surface area contributed by atoms with Gasteiger partial charge in [0.25, 0.3) is 10.2 Å². The number of Topliss-reactive ketones (excluding diaryl/α,β-unsaturated/α-hetero) is 1. The SMILES string of the molecule is CNS(=O)(=O)N1CCCC1C(=O)c1ccc(OC)c(C)c1. The number of carbonyl (C=O) groups excluding carboxylic acids is 1. The van der Waals surface area contributed by atoms with Gasteiger partial charge in [-0.25, -0.2) is 4.72 Å². The Bertz CT molecular complexity index is 642. The van der Waals surface area contributed by atoms with E-state index in [0.29, 0.717) is 30.7 Å². The Labute approximate surface area is 125 Å². The van der Waals surface area contributed by atoms with Gasteiger partial charge in [-0.1, -0.05) is 0 Å². The molecule has 0 radical (unpaired) electrons. The second kappa shape index (κ2) is 6.13. The van der Waals surface area contributed by atoms with Gasteiger partial charge in [0.1, 0.15) is 5.75 Å². The Kier molecular flexibility index (Phi) is 4.65. The van der Waals surface area contributed by atoms with Gasteiger partial charge < -0.3 is 4.74 Å². The third-order valence-electron chi connectivity index (χ3n) is 3.75. The van der Waals surface area contributed by atoms with Gasteiger partial charge in [0.05, 0.1) is 13.2 Å². The first-order chi connectivity index (χ1) is 9.90. The first-order valence-corrected chi connectivity index (χ1v) is 8.24. The number of aryl methyl sites for hydroxylation is 1. The molecule has 0 aliphatic carbocycles. The van der Waals surface area contributed by atoms with E-state index in [9.17, 15) is 13.2 Å². The smallest absolute Gasteiger partial charge is 0.279 e. The summed E-state index contributed by atoms with van der Waals surface area (Å²) >= 11 is 0. The maximum Gasteiger partial charge on any atom is 0.279 e. The number of ether oxygens (including phenoxy) is 1. The number of rotatable bonds is 5. The van der Waals surface area contributed by atoms with Gasteiger partial charge >= 0.3 is 0 Å². The van der Waals surface area contributed by atoms with E-state index < -0.39 is 16.3 Å². The van der Waals surface area contributed by atoms with Gasteiger partial charge in [-0.2, -0.15) is 12.7 Å². The van der Waals surface area contributed by atoms with Gasteiger partial charge in [-0.3, -0.25) is 4.79 Å². The molecule has 1 N–H and O–H groups in total. The molecule has 0 bridgehead atoms. The second-order valence-corrected chi connectivity index (χ2v) is 6.85. The van der Waals surface area contributed by atoms with Crippen LogP contribution in [0.25, 0.3) is 0 Å². The molecule has 0 saturated carbocycles. The number of hydrogen-bond acceptors (Lipinski definition) is 4. The Hall–Kier alpha value is -1.44. The van der Waals surface area contributed by atoms with Crippen LogP contribution in [0.1, 0.15) is 28.8 Å². The molecule has 6 nitrogen and oxygen atoms in total. The zero-order valence-corrected chi connectivity index (χ0v) is 13.2. The van der Waals surface area contributed by atoms with Crippen LogP contribution in [0.2, 0.25) is 0 Å². The normalized spacial score (nSPS) is 19.7. The quantitative estimate of drug-likeness (QED) is 0.827. The van der Waals surface area contributed by atoms with E-state index in [4.69, 9.17) is 4.74 Å². The van der Waals surface area contributed by atoms with Gasteiger partial charge in [0.15, 0.2) is 5.78 Å². The largest absolute Gasteiger partial charge is 0.496 e. The summed E-state index contributed by atoms with van der Waals surface area (Å²) in [6, 6.07) is 4.52. The highest BCUT2D eigenvalue weighted by molar-refractivity contribution is 7.87. The highest BCUT2D eigenvalue weighted by Crippen LogP contribution is 2.26. The third kappa shape index (κ3) is 3.09. The molecule has 1 unspecified atom stereocenters. The Morgan fingerprint density at radius 1 is 1.43 bits per heavy atom. The first-order valence-electron chi connectivity index (χ1n) is 6.80. The summed E-state index contributed by atoms with van der Waals surface area (Å²) in [5.41, 5.74) is 1.36. The van der Waals surface area contributed by atoms with Crippen LogP contribution in [0.3, 0.4) is 0 Å². The van der Waals surface area contributed by atoms with Gasteiger partial charge in [0, 0.05) is 19.2 Å². The zero-order valence-electron chi connectivity index (χ0n) is 12.4. The molecule has 1 fully saturated rings. The summed E-state index contributed by atoms with van der Waals surface area (Å²) in [6.07, 6.45) is 1.23. The van der Waals surface area contributed by atoms with Crippen LogP contribution in [-0.4, -0.2) is 45.3 Å². The number of hydrogen-bond donors (Lipinski definition) is 1. The number of nitrogens with zero attached hydrogens (tertiary/aromatic N) is 1. The minimum atomic E-state index is -3.59. The number of benzene rings is 1.